The van der Waals surface area contributed by atoms with Crippen LogP contribution in [-0.4, -0.2) is 32.5 Å². The fraction of sp³-hybridized carbons (Fsp3) is 0.625. The Bertz CT molecular complexity index is 441. The Hall–Kier alpha value is -1.42. The molecule has 4 heteroatoms. The SMILES string of the molecule is COC1CCC(Nc2ccc3c(c2)OCCCO3)CC1. The Kier molecular flexibility index (Phi) is 4.31. The lowest BCUT2D eigenvalue weighted by Gasteiger charge is -2.29. The minimum atomic E-state index is 0.442. The quantitative estimate of drug-likeness (QED) is 0.921. The van der Waals surface area contributed by atoms with Crippen molar-refractivity contribution >= 4 is 5.69 Å². The highest BCUT2D eigenvalue weighted by Crippen LogP contribution is 2.33. The number of nitrogens with one attached hydrogen (secondary N) is 1. The molecule has 0 amide bonds. The number of hydrogen-bond acceptors (Lipinski definition) is 4. The molecule has 1 aromatic rings. The summed E-state index contributed by atoms with van der Waals surface area (Å²) in [4.78, 5) is 0. The first-order valence-corrected chi connectivity index (χ1v) is 7.54. The van der Waals surface area contributed by atoms with Crippen LogP contribution < -0.4 is 14.8 Å². The van der Waals surface area contributed by atoms with E-state index in [1.165, 1.54) is 0 Å². The number of ether oxygens (including phenoxy) is 3. The van der Waals surface area contributed by atoms with Gasteiger partial charge in [-0.25, -0.2) is 0 Å². The highest BCUT2D eigenvalue weighted by atomic mass is 16.5. The fourth-order valence-corrected chi connectivity index (χ4v) is 2.93. The van der Waals surface area contributed by atoms with Gasteiger partial charge in [-0.05, 0) is 37.8 Å². The van der Waals surface area contributed by atoms with Gasteiger partial charge in [0.25, 0.3) is 0 Å². The van der Waals surface area contributed by atoms with Gasteiger partial charge in [0, 0.05) is 31.3 Å². The molecule has 1 saturated carbocycles. The highest BCUT2D eigenvalue weighted by molar-refractivity contribution is 5.55. The summed E-state index contributed by atoms with van der Waals surface area (Å²) in [6, 6.07) is 6.68. The van der Waals surface area contributed by atoms with Crippen molar-refractivity contribution in [2.45, 2.75) is 44.2 Å². The molecule has 2 aliphatic rings. The van der Waals surface area contributed by atoms with Gasteiger partial charge in [0.15, 0.2) is 11.5 Å². The predicted molar refractivity (Wildman–Crippen MR) is 78.7 cm³/mol. The Morgan fingerprint density at radius 3 is 2.55 bits per heavy atom. The van der Waals surface area contributed by atoms with Crippen molar-refractivity contribution in [2.24, 2.45) is 0 Å². The Morgan fingerprint density at radius 1 is 1.05 bits per heavy atom. The van der Waals surface area contributed by atoms with Gasteiger partial charge in [-0.2, -0.15) is 0 Å². The van der Waals surface area contributed by atoms with Gasteiger partial charge in [0.2, 0.25) is 0 Å². The molecule has 4 nitrogen and oxygen atoms in total. The number of fused-ring (bicyclic) bond motifs is 1. The average Bonchev–Trinajstić information content (AvgIpc) is 2.73. The number of rotatable bonds is 3. The Morgan fingerprint density at radius 2 is 1.80 bits per heavy atom. The van der Waals surface area contributed by atoms with Gasteiger partial charge in [-0.3, -0.25) is 0 Å². The smallest absolute Gasteiger partial charge is 0.163 e. The maximum Gasteiger partial charge on any atom is 0.163 e. The zero-order chi connectivity index (χ0) is 13.8. The molecule has 1 heterocycles. The molecule has 0 radical (unpaired) electrons. The standard InChI is InChI=1S/C16H23NO3/c1-18-14-6-3-12(4-7-14)17-13-5-8-15-16(11-13)20-10-2-9-19-15/h5,8,11-12,14,17H,2-4,6-7,9-10H2,1H3. The average molecular weight is 277 g/mol. The number of anilines is 1. The summed E-state index contributed by atoms with van der Waals surface area (Å²) < 4.78 is 16.8. The van der Waals surface area contributed by atoms with Gasteiger partial charge in [0.05, 0.1) is 19.3 Å². The summed E-state index contributed by atoms with van der Waals surface area (Å²) in [6.07, 6.45) is 5.98. The van der Waals surface area contributed by atoms with Gasteiger partial charge < -0.3 is 19.5 Å². The summed E-state index contributed by atoms with van der Waals surface area (Å²) in [5, 5.41) is 3.60. The van der Waals surface area contributed by atoms with E-state index >= 15 is 0 Å². The molecule has 110 valence electrons. The maximum atomic E-state index is 5.73. The second-order valence-corrected chi connectivity index (χ2v) is 5.57. The van der Waals surface area contributed by atoms with Crippen molar-refractivity contribution in [3.63, 3.8) is 0 Å². The van der Waals surface area contributed by atoms with Crippen molar-refractivity contribution in [2.75, 3.05) is 25.6 Å². The zero-order valence-corrected chi connectivity index (χ0v) is 12.1. The minimum Gasteiger partial charge on any atom is -0.490 e. The minimum absolute atomic E-state index is 0.442. The summed E-state index contributed by atoms with van der Waals surface area (Å²) in [6.45, 7) is 1.47. The number of benzene rings is 1. The molecule has 0 saturated heterocycles. The number of methoxy groups -OCH3 is 1. The molecule has 1 aliphatic carbocycles. The van der Waals surface area contributed by atoms with Gasteiger partial charge in [-0.1, -0.05) is 0 Å². The van der Waals surface area contributed by atoms with Crippen LogP contribution in [-0.2, 0) is 4.74 Å². The van der Waals surface area contributed by atoms with Crippen molar-refractivity contribution in [3.8, 4) is 11.5 Å². The topological polar surface area (TPSA) is 39.7 Å². The lowest BCUT2D eigenvalue weighted by Crippen LogP contribution is -2.29. The summed E-state index contributed by atoms with van der Waals surface area (Å²) in [5.74, 6) is 1.72. The van der Waals surface area contributed by atoms with E-state index in [1.54, 1.807) is 0 Å². The molecule has 0 spiro atoms. The maximum absolute atomic E-state index is 5.73. The first kappa shape index (κ1) is 13.6. The second-order valence-electron chi connectivity index (χ2n) is 5.57. The van der Waals surface area contributed by atoms with E-state index in [0.29, 0.717) is 12.1 Å². The highest BCUT2D eigenvalue weighted by Gasteiger charge is 2.21. The van der Waals surface area contributed by atoms with Crippen LogP contribution in [0.1, 0.15) is 32.1 Å². The van der Waals surface area contributed by atoms with E-state index in [-0.39, 0.29) is 0 Å². The monoisotopic (exact) mass is 277 g/mol. The molecular formula is C16H23NO3. The third-order valence-corrected chi connectivity index (χ3v) is 4.13. The molecule has 3 rings (SSSR count). The lowest BCUT2D eigenvalue weighted by molar-refractivity contribution is 0.0682. The molecule has 0 atom stereocenters. The van der Waals surface area contributed by atoms with Crippen LogP contribution in [0.3, 0.4) is 0 Å². The van der Waals surface area contributed by atoms with Gasteiger partial charge in [-0.15, -0.1) is 0 Å². The summed E-state index contributed by atoms with van der Waals surface area (Å²) in [7, 11) is 1.81. The van der Waals surface area contributed by atoms with Crippen LogP contribution in [0.2, 0.25) is 0 Å². The first-order valence-electron chi connectivity index (χ1n) is 7.54. The van der Waals surface area contributed by atoms with Gasteiger partial charge >= 0.3 is 0 Å². The van der Waals surface area contributed by atoms with E-state index in [4.69, 9.17) is 14.2 Å². The third-order valence-electron chi connectivity index (χ3n) is 4.13. The molecule has 1 aliphatic heterocycles. The Labute approximate surface area is 120 Å². The van der Waals surface area contributed by atoms with E-state index < -0.39 is 0 Å². The molecule has 1 aromatic carbocycles. The molecule has 1 N–H and O–H groups in total. The van der Waals surface area contributed by atoms with E-state index in [1.807, 2.05) is 13.2 Å². The van der Waals surface area contributed by atoms with Crippen molar-refractivity contribution in [3.05, 3.63) is 18.2 Å². The van der Waals surface area contributed by atoms with E-state index in [0.717, 1.165) is 62.5 Å². The van der Waals surface area contributed by atoms with E-state index in [9.17, 15) is 0 Å². The van der Waals surface area contributed by atoms with Crippen LogP contribution in [0.25, 0.3) is 0 Å². The van der Waals surface area contributed by atoms with Crippen molar-refractivity contribution < 1.29 is 14.2 Å². The molecule has 0 aromatic heterocycles. The lowest BCUT2D eigenvalue weighted by atomic mass is 9.93. The van der Waals surface area contributed by atoms with Crippen LogP contribution in [0, 0.1) is 0 Å². The molecular weight excluding hydrogens is 254 g/mol. The van der Waals surface area contributed by atoms with Crippen molar-refractivity contribution in [1.29, 1.82) is 0 Å². The third kappa shape index (κ3) is 3.18. The van der Waals surface area contributed by atoms with Gasteiger partial charge in [0.1, 0.15) is 0 Å². The largest absolute Gasteiger partial charge is 0.490 e. The Balaban J connectivity index is 1.62. The van der Waals surface area contributed by atoms with E-state index in [2.05, 4.69) is 17.4 Å². The van der Waals surface area contributed by atoms with Crippen molar-refractivity contribution in [1.82, 2.24) is 0 Å². The van der Waals surface area contributed by atoms with Crippen LogP contribution in [0.5, 0.6) is 11.5 Å². The summed E-state index contributed by atoms with van der Waals surface area (Å²) in [5.41, 5.74) is 1.12. The summed E-state index contributed by atoms with van der Waals surface area (Å²) >= 11 is 0. The second kappa shape index (κ2) is 6.35. The molecule has 0 unspecified atom stereocenters. The van der Waals surface area contributed by atoms with Crippen LogP contribution in [0.4, 0.5) is 5.69 Å². The molecule has 1 fully saturated rings. The number of hydrogen-bond donors (Lipinski definition) is 1. The van der Waals surface area contributed by atoms with Crippen LogP contribution in [0.15, 0.2) is 18.2 Å². The molecule has 0 bridgehead atoms. The normalized spacial score (nSPS) is 25.9. The fourth-order valence-electron chi connectivity index (χ4n) is 2.93. The predicted octanol–water partition coefficient (Wildman–Crippen LogP) is 3.22. The molecule has 20 heavy (non-hydrogen) atoms. The zero-order valence-electron chi connectivity index (χ0n) is 12.1. The van der Waals surface area contributed by atoms with Crippen LogP contribution >= 0.6 is 0 Å². The first-order chi connectivity index (χ1) is 9.85.